The van der Waals surface area contributed by atoms with Crippen LogP contribution in [-0.4, -0.2) is 5.11 Å². The Morgan fingerprint density at radius 3 is 2.56 bits per heavy atom. The molecule has 1 aromatic carbocycles. The van der Waals surface area contributed by atoms with Crippen LogP contribution in [0.15, 0.2) is 22.7 Å². The molecule has 1 N–H and O–H groups in total. The Kier molecular flexibility index (Phi) is 4.32. The molecular weight excluding hydrogens is 314 g/mol. The first-order valence-corrected chi connectivity index (χ1v) is 7.30. The zero-order chi connectivity index (χ0) is 13.2. The fourth-order valence-corrected chi connectivity index (χ4v) is 3.07. The van der Waals surface area contributed by atoms with E-state index in [-0.39, 0.29) is 0 Å². The van der Waals surface area contributed by atoms with Crippen LogP contribution in [0.3, 0.4) is 0 Å². The quantitative estimate of drug-likeness (QED) is 0.861. The molecule has 2 rings (SSSR count). The maximum atomic E-state index is 10.5. The Balaban J connectivity index is 2.31. The van der Waals surface area contributed by atoms with E-state index in [9.17, 15) is 10.4 Å². The Bertz CT molecular complexity index is 477. The van der Waals surface area contributed by atoms with Crippen LogP contribution in [0.5, 0.6) is 0 Å². The predicted octanol–water partition coefficient (Wildman–Crippen LogP) is 4.61. The Labute approximate surface area is 121 Å². The summed E-state index contributed by atoms with van der Waals surface area (Å²) in [6.45, 7) is 0. The predicted molar refractivity (Wildman–Crippen MR) is 75.2 cm³/mol. The molecule has 1 aliphatic rings. The fourth-order valence-electron chi connectivity index (χ4n) is 2.63. The molecule has 1 aliphatic carbocycles. The monoisotopic (exact) mass is 327 g/mol. The third kappa shape index (κ3) is 2.56. The molecule has 0 aromatic heterocycles. The van der Waals surface area contributed by atoms with Gasteiger partial charge in [-0.3, -0.25) is 0 Å². The van der Waals surface area contributed by atoms with Gasteiger partial charge in [-0.15, -0.1) is 0 Å². The third-order valence-corrected chi connectivity index (χ3v) is 4.98. The van der Waals surface area contributed by atoms with Gasteiger partial charge in [-0.2, -0.15) is 5.26 Å². The number of rotatable bonds is 2. The summed E-state index contributed by atoms with van der Waals surface area (Å²) in [4.78, 5) is 0. The number of nitrogens with zero attached hydrogens (tertiary/aromatic N) is 1. The largest absolute Gasteiger partial charge is 0.387 e. The van der Waals surface area contributed by atoms with E-state index in [1.807, 2.05) is 12.1 Å². The highest BCUT2D eigenvalue weighted by Crippen LogP contribution is 2.46. The van der Waals surface area contributed by atoms with Gasteiger partial charge in [-0.25, -0.2) is 0 Å². The molecule has 2 nitrogen and oxygen atoms in total. The van der Waals surface area contributed by atoms with Crippen LogP contribution in [-0.2, 0) is 0 Å². The Morgan fingerprint density at radius 1 is 1.33 bits per heavy atom. The Hall–Kier alpha value is -0.560. The van der Waals surface area contributed by atoms with Gasteiger partial charge in [0.1, 0.15) is 0 Å². The van der Waals surface area contributed by atoms with Gasteiger partial charge in [0.05, 0.1) is 22.6 Å². The molecule has 18 heavy (non-hydrogen) atoms. The summed E-state index contributed by atoms with van der Waals surface area (Å²) in [6, 6.07) is 7.73. The van der Waals surface area contributed by atoms with Gasteiger partial charge in [0.2, 0.25) is 0 Å². The summed E-state index contributed by atoms with van der Waals surface area (Å²) < 4.78 is 0.801. The van der Waals surface area contributed by atoms with Gasteiger partial charge in [-0.1, -0.05) is 36.9 Å². The molecule has 96 valence electrons. The van der Waals surface area contributed by atoms with Crippen molar-refractivity contribution in [1.82, 2.24) is 0 Å². The van der Waals surface area contributed by atoms with Crippen molar-refractivity contribution in [2.75, 3.05) is 0 Å². The molecule has 4 heteroatoms. The SMILES string of the molecule is N#CC1(C(O)c2ccc(Br)c(Cl)c2)CCCCC1. The normalized spacial score (nSPS) is 20.1. The van der Waals surface area contributed by atoms with Crippen molar-refractivity contribution in [3.05, 3.63) is 33.3 Å². The van der Waals surface area contributed by atoms with Crippen LogP contribution >= 0.6 is 27.5 Å². The number of aliphatic hydroxyl groups excluding tert-OH is 1. The number of benzene rings is 1. The summed E-state index contributed by atoms with van der Waals surface area (Å²) in [5.41, 5.74) is 0.0849. The highest BCUT2D eigenvalue weighted by Gasteiger charge is 2.40. The van der Waals surface area contributed by atoms with E-state index in [4.69, 9.17) is 11.6 Å². The summed E-state index contributed by atoms with van der Waals surface area (Å²) in [5, 5.41) is 20.5. The van der Waals surface area contributed by atoms with Crippen molar-refractivity contribution in [1.29, 1.82) is 5.26 Å². The molecule has 0 bridgehead atoms. The Morgan fingerprint density at radius 2 is 2.00 bits per heavy atom. The number of hydrogen-bond acceptors (Lipinski definition) is 2. The molecule has 1 fully saturated rings. The van der Waals surface area contributed by atoms with Crippen molar-refractivity contribution < 1.29 is 5.11 Å². The second-order valence-electron chi connectivity index (χ2n) is 4.90. The molecule has 0 amide bonds. The number of aliphatic hydroxyl groups is 1. The van der Waals surface area contributed by atoms with Crippen molar-refractivity contribution in [2.45, 2.75) is 38.2 Å². The molecule has 1 unspecified atom stereocenters. The summed E-state index contributed by atoms with van der Waals surface area (Å²) >= 11 is 9.37. The van der Waals surface area contributed by atoms with E-state index in [1.165, 1.54) is 0 Å². The second-order valence-corrected chi connectivity index (χ2v) is 6.17. The zero-order valence-corrected chi connectivity index (χ0v) is 12.3. The minimum Gasteiger partial charge on any atom is -0.387 e. The number of hydrogen-bond donors (Lipinski definition) is 1. The van der Waals surface area contributed by atoms with Crippen LogP contribution < -0.4 is 0 Å². The van der Waals surface area contributed by atoms with Crippen molar-refractivity contribution in [3.63, 3.8) is 0 Å². The van der Waals surface area contributed by atoms with E-state index < -0.39 is 11.5 Å². The van der Waals surface area contributed by atoms with Gasteiger partial charge in [0.25, 0.3) is 0 Å². The molecule has 1 atom stereocenters. The van der Waals surface area contributed by atoms with Crippen molar-refractivity contribution in [2.24, 2.45) is 5.41 Å². The third-order valence-electron chi connectivity index (χ3n) is 3.75. The van der Waals surface area contributed by atoms with E-state index in [2.05, 4.69) is 22.0 Å². The minimum absolute atomic E-state index is 0.565. The van der Waals surface area contributed by atoms with Crippen LogP contribution in [0.2, 0.25) is 5.02 Å². The first-order valence-electron chi connectivity index (χ1n) is 6.13. The van der Waals surface area contributed by atoms with E-state index in [1.54, 1.807) is 6.07 Å². The van der Waals surface area contributed by atoms with Gasteiger partial charge >= 0.3 is 0 Å². The van der Waals surface area contributed by atoms with Gasteiger partial charge in [0.15, 0.2) is 0 Å². The average Bonchev–Trinajstić information content (AvgIpc) is 2.42. The smallest absolute Gasteiger partial charge is 0.0976 e. The lowest BCUT2D eigenvalue weighted by Gasteiger charge is -2.35. The molecule has 1 aromatic rings. The first kappa shape index (κ1) is 13.9. The first-order chi connectivity index (χ1) is 8.59. The van der Waals surface area contributed by atoms with Gasteiger partial charge in [-0.05, 0) is 46.5 Å². The molecule has 0 heterocycles. The van der Waals surface area contributed by atoms with Crippen LogP contribution in [0.1, 0.15) is 43.8 Å². The number of nitriles is 1. The molecule has 0 saturated heterocycles. The lowest BCUT2D eigenvalue weighted by molar-refractivity contribution is 0.0360. The number of halogens is 2. The van der Waals surface area contributed by atoms with Gasteiger partial charge < -0.3 is 5.11 Å². The topological polar surface area (TPSA) is 44.0 Å². The summed E-state index contributed by atoms with van der Waals surface area (Å²) in [7, 11) is 0. The highest BCUT2D eigenvalue weighted by atomic mass is 79.9. The lowest BCUT2D eigenvalue weighted by atomic mass is 9.69. The van der Waals surface area contributed by atoms with Crippen molar-refractivity contribution in [3.8, 4) is 6.07 Å². The fraction of sp³-hybridized carbons (Fsp3) is 0.500. The molecule has 0 aliphatic heterocycles. The lowest BCUT2D eigenvalue weighted by Crippen LogP contribution is -2.30. The maximum absolute atomic E-state index is 10.5. The highest BCUT2D eigenvalue weighted by molar-refractivity contribution is 9.10. The summed E-state index contributed by atoms with van der Waals surface area (Å²) in [5.74, 6) is 0. The molecule has 0 radical (unpaired) electrons. The second kappa shape index (κ2) is 5.61. The van der Waals surface area contributed by atoms with Gasteiger partial charge in [0, 0.05) is 4.47 Å². The maximum Gasteiger partial charge on any atom is 0.0976 e. The van der Waals surface area contributed by atoms with Crippen LogP contribution in [0, 0.1) is 16.7 Å². The summed E-state index contributed by atoms with van der Waals surface area (Å²) in [6.07, 6.45) is 3.94. The average molecular weight is 329 g/mol. The van der Waals surface area contributed by atoms with Crippen molar-refractivity contribution >= 4 is 27.5 Å². The van der Waals surface area contributed by atoms with E-state index in [0.717, 1.165) is 42.1 Å². The minimum atomic E-state index is -0.756. The molecule has 0 spiro atoms. The van der Waals surface area contributed by atoms with Crippen LogP contribution in [0.4, 0.5) is 0 Å². The molecular formula is C14H15BrClNO. The van der Waals surface area contributed by atoms with Crippen LogP contribution in [0.25, 0.3) is 0 Å². The standard InChI is InChI=1S/C14H15BrClNO/c15-11-5-4-10(8-12(11)16)13(18)14(9-17)6-2-1-3-7-14/h4-5,8,13,18H,1-3,6-7H2. The van der Waals surface area contributed by atoms with E-state index in [0.29, 0.717) is 5.02 Å². The zero-order valence-electron chi connectivity index (χ0n) is 10.00. The molecule has 1 saturated carbocycles. The van der Waals surface area contributed by atoms with E-state index >= 15 is 0 Å².